The number of hydrogen-bond acceptors (Lipinski definition) is 2. The van der Waals surface area contributed by atoms with Crippen molar-refractivity contribution in [2.45, 2.75) is 6.42 Å². The van der Waals surface area contributed by atoms with Crippen molar-refractivity contribution in [1.82, 2.24) is 9.78 Å². The Morgan fingerprint density at radius 1 is 1.25 bits per heavy atom. The molecule has 2 aromatic carbocycles. The fourth-order valence-electron chi connectivity index (χ4n) is 2.16. The number of benzene rings is 2. The second-order valence-electron chi connectivity index (χ2n) is 4.48. The summed E-state index contributed by atoms with van der Waals surface area (Å²) in [6.07, 6.45) is 1.83. The van der Waals surface area contributed by atoms with Crippen LogP contribution < -0.4 is 0 Å². The van der Waals surface area contributed by atoms with Gasteiger partial charge in [0.05, 0.1) is 17.6 Å². The summed E-state index contributed by atoms with van der Waals surface area (Å²) in [7, 11) is 0. The van der Waals surface area contributed by atoms with Gasteiger partial charge in [0.1, 0.15) is 0 Å². The number of carboxylic acid groups (broad SMARTS) is 1. The van der Waals surface area contributed by atoms with E-state index in [-0.39, 0.29) is 6.42 Å². The molecule has 100 valence electrons. The standard InChI is InChI=1S/C15H11ClN2O2/c16-12-5-2-6-13(8-12)18-9-11-4-1-3-10(7-14(19)20)15(11)17-18/h1-6,8-9H,7H2,(H,19,20). The lowest BCUT2D eigenvalue weighted by molar-refractivity contribution is -0.136. The maximum Gasteiger partial charge on any atom is 0.307 e. The predicted octanol–water partition coefficient (Wildman–Crippen LogP) is 3.31. The van der Waals surface area contributed by atoms with E-state index >= 15 is 0 Å². The molecular weight excluding hydrogens is 276 g/mol. The summed E-state index contributed by atoms with van der Waals surface area (Å²) in [4.78, 5) is 10.9. The molecule has 4 nitrogen and oxygen atoms in total. The van der Waals surface area contributed by atoms with E-state index in [4.69, 9.17) is 16.7 Å². The zero-order valence-corrected chi connectivity index (χ0v) is 11.2. The SMILES string of the molecule is O=C(O)Cc1cccc2cn(-c3cccc(Cl)c3)nc12. The highest BCUT2D eigenvalue weighted by Gasteiger charge is 2.10. The van der Waals surface area contributed by atoms with Crippen LogP contribution >= 0.6 is 11.6 Å². The van der Waals surface area contributed by atoms with Gasteiger partial charge >= 0.3 is 5.97 Å². The van der Waals surface area contributed by atoms with Crippen LogP contribution in [0.5, 0.6) is 0 Å². The van der Waals surface area contributed by atoms with Crippen molar-refractivity contribution in [1.29, 1.82) is 0 Å². The molecule has 0 atom stereocenters. The molecular formula is C15H11ClN2O2. The largest absolute Gasteiger partial charge is 0.481 e. The van der Waals surface area contributed by atoms with Gasteiger partial charge in [-0.25, -0.2) is 4.68 Å². The van der Waals surface area contributed by atoms with Gasteiger partial charge in [-0.3, -0.25) is 4.79 Å². The molecule has 3 rings (SSSR count). The molecule has 0 radical (unpaired) electrons. The molecule has 0 spiro atoms. The lowest BCUT2D eigenvalue weighted by Crippen LogP contribution is -2.01. The van der Waals surface area contributed by atoms with Crippen LogP contribution in [0, 0.1) is 0 Å². The van der Waals surface area contributed by atoms with Crippen molar-refractivity contribution in [3.05, 3.63) is 59.2 Å². The molecule has 1 N–H and O–H groups in total. The highest BCUT2D eigenvalue weighted by atomic mass is 35.5. The third-order valence-corrected chi connectivity index (χ3v) is 3.27. The van der Waals surface area contributed by atoms with E-state index in [2.05, 4.69) is 5.10 Å². The van der Waals surface area contributed by atoms with Crippen LogP contribution in [0.3, 0.4) is 0 Å². The first-order chi connectivity index (χ1) is 9.63. The zero-order valence-electron chi connectivity index (χ0n) is 10.5. The number of fused-ring (bicyclic) bond motifs is 1. The molecule has 0 fully saturated rings. The van der Waals surface area contributed by atoms with Crippen LogP contribution in [-0.4, -0.2) is 20.9 Å². The van der Waals surface area contributed by atoms with E-state index in [9.17, 15) is 4.79 Å². The van der Waals surface area contributed by atoms with Crippen molar-refractivity contribution in [2.24, 2.45) is 0 Å². The number of carbonyl (C=O) groups is 1. The first-order valence-corrected chi connectivity index (χ1v) is 6.46. The Bertz CT molecular complexity index is 795. The van der Waals surface area contributed by atoms with Gasteiger partial charge in [-0.2, -0.15) is 5.10 Å². The Morgan fingerprint density at radius 2 is 2.05 bits per heavy atom. The number of hydrogen-bond donors (Lipinski definition) is 1. The molecule has 0 amide bonds. The molecule has 0 bridgehead atoms. The van der Waals surface area contributed by atoms with E-state index in [1.54, 1.807) is 16.8 Å². The Balaban J connectivity index is 2.13. The van der Waals surface area contributed by atoms with Crippen LogP contribution in [0.4, 0.5) is 0 Å². The number of aliphatic carboxylic acids is 1. The topological polar surface area (TPSA) is 55.1 Å². The van der Waals surface area contributed by atoms with Crippen molar-refractivity contribution >= 4 is 28.5 Å². The second kappa shape index (κ2) is 4.98. The fourth-order valence-corrected chi connectivity index (χ4v) is 2.35. The van der Waals surface area contributed by atoms with Crippen LogP contribution in [-0.2, 0) is 11.2 Å². The second-order valence-corrected chi connectivity index (χ2v) is 4.92. The molecule has 0 saturated carbocycles. The molecule has 5 heteroatoms. The van der Waals surface area contributed by atoms with E-state index in [1.165, 1.54) is 0 Å². The number of nitrogens with zero attached hydrogens (tertiary/aromatic N) is 2. The minimum atomic E-state index is -0.866. The quantitative estimate of drug-likeness (QED) is 0.804. The summed E-state index contributed by atoms with van der Waals surface area (Å²) >= 11 is 5.97. The van der Waals surface area contributed by atoms with Gasteiger partial charge in [0, 0.05) is 16.6 Å². The maximum absolute atomic E-state index is 10.9. The van der Waals surface area contributed by atoms with E-state index in [0.29, 0.717) is 16.1 Å². The molecule has 0 aliphatic rings. The smallest absolute Gasteiger partial charge is 0.307 e. The van der Waals surface area contributed by atoms with E-state index < -0.39 is 5.97 Å². The van der Waals surface area contributed by atoms with E-state index in [0.717, 1.165) is 11.1 Å². The highest BCUT2D eigenvalue weighted by molar-refractivity contribution is 6.30. The molecule has 0 saturated heterocycles. The van der Waals surface area contributed by atoms with Crippen molar-refractivity contribution in [3.63, 3.8) is 0 Å². The van der Waals surface area contributed by atoms with Gasteiger partial charge in [0.25, 0.3) is 0 Å². The highest BCUT2D eigenvalue weighted by Crippen LogP contribution is 2.21. The Hall–Kier alpha value is -2.33. The third kappa shape index (κ3) is 2.38. The lowest BCUT2D eigenvalue weighted by Gasteiger charge is -2.00. The minimum absolute atomic E-state index is 0.0378. The average Bonchev–Trinajstić information content (AvgIpc) is 2.83. The first-order valence-electron chi connectivity index (χ1n) is 6.08. The molecule has 1 aromatic heterocycles. The normalized spacial score (nSPS) is 10.8. The van der Waals surface area contributed by atoms with Gasteiger partial charge in [-0.1, -0.05) is 35.9 Å². The number of halogens is 1. The van der Waals surface area contributed by atoms with Gasteiger partial charge in [0.15, 0.2) is 0 Å². The Kier molecular flexibility index (Phi) is 3.16. The maximum atomic E-state index is 10.9. The lowest BCUT2D eigenvalue weighted by atomic mass is 10.1. The van der Waals surface area contributed by atoms with Gasteiger partial charge in [-0.15, -0.1) is 0 Å². The summed E-state index contributed by atoms with van der Waals surface area (Å²) in [6.45, 7) is 0. The summed E-state index contributed by atoms with van der Waals surface area (Å²) in [6, 6.07) is 12.9. The monoisotopic (exact) mass is 286 g/mol. The average molecular weight is 287 g/mol. The summed E-state index contributed by atoms with van der Waals surface area (Å²) < 4.78 is 1.71. The van der Waals surface area contributed by atoms with Crippen LogP contribution in [0.1, 0.15) is 5.56 Å². The minimum Gasteiger partial charge on any atom is -0.481 e. The van der Waals surface area contributed by atoms with Crippen molar-refractivity contribution in [3.8, 4) is 5.69 Å². The molecule has 0 aliphatic carbocycles. The Labute approximate surface area is 120 Å². The molecule has 3 aromatic rings. The summed E-state index contributed by atoms with van der Waals surface area (Å²) in [5.74, 6) is -0.866. The van der Waals surface area contributed by atoms with E-state index in [1.807, 2.05) is 36.5 Å². The third-order valence-electron chi connectivity index (χ3n) is 3.03. The fraction of sp³-hybridized carbons (Fsp3) is 0.0667. The molecule has 1 heterocycles. The Morgan fingerprint density at radius 3 is 2.80 bits per heavy atom. The van der Waals surface area contributed by atoms with Crippen LogP contribution in [0.25, 0.3) is 16.6 Å². The van der Waals surface area contributed by atoms with Crippen LogP contribution in [0.2, 0.25) is 5.02 Å². The zero-order chi connectivity index (χ0) is 14.1. The number of rotatable bonds is 3. The first kappa shape index (κ1) is 12.7. The molecule has 0 unspecified atom stereocenters. The summed E-state index contributed by atoms with van der Waals surface area (Å²) in [5.41, 5.74) is 2.25. The summed E-state index contributed by atoms with van der Waals surface area (Å²) in [5, 5.41) is 14.9. The van der Waals surface area contributed by atoms with Gasteiger partial charge in [-0.05, 0) is 23.8 Å². The van der Waals surface area contributed by atoms with Gasteiger partial charge in [0.2, 0.25) is 0 Å². The van der Waals surface area contributed by atoms with Crippen molar-refractivity contribution in [2.75, 3.05) is 0 Å². The van der Waals surface area contributed by atoms with Gasteiger partial charge < -0.3 is 5.11 Å². The van der Waals surface area contributed by atoms with Crippen molar-refractivity contribution < 1.29 is 9.90 Å². The van der Waals surface area contributed by atoms with Crippen LogP contribution in [0.15, 0.2) is 48.7 Å². The molecule has 20 heavy (non-hydrogen) atoms. The molecule has 0 aliphatic heterocycles. The predicted molar refractivity (Wildman–Crippen MR) is 77.4 cm³/mol. The number of carboxylic acids is 1. The number of aromatic nitrogens is 2.